The van der Waals surface area contributed by atoms with Crippen LogP contribution in [0.5, 0.6) is 0 Å². The molecule has 8 heteroatoms. The van der Waals surface area contributed by atoms with Gasteiger partial charge in [0.05, 0.1) is 10.5 Å². The minimum absolute atomic E-state index is 0.199. The number of hydrogen-bond donors (Lipinski definition) is 3. The van der Waals surface area contributed by atoms with Gasteiger partial charge in [0, 0.05) is 44.1 Å². The van der Waals surface area contributed by atoms with Crippen molar-refractivity contribution in [2.45, 2.75) is 32.6 Å². The second-order valence-corrected chi connectivity index (χ2v) is 10.1. The van der Waals surface area contributed by atoms with E-state index in [0.717, 1.165) is 37.4 Å². The number of rotatable bonds is 7. The smallest absolute Gasteiger partial charge is 0.262 e. The molecular weight excluding hydrogens is 412 g/mol. The second-order valence-electron chi connectivity index (χ2n) is 8.45. The Balaban J connectivity index is 1.94. The summed E-state index contributed by atoms with van der Waals surface area (Å²) in [5.74, 6) is 0.118. The molecule has 2 aromatic rings. The number of benzene rings is 2. The summed E-state index contributed by atoms with van der Waals surface area (Å²) in [6, 6.07) is 10.5. The van der Waals surface area contributed by atoms with Gasteiger partial charge in [-0.1, -0.05) is 26.0 Å². The number of amides is 1. The van der Waals surface area contributed by atoms with Gasteiger partial charge >= 0.3 is 0 Å². The maximum absolute atomic E-state index is 13.0. The van der Waals surface area contributed by atoms with Gasteiger partial charge in [0.1, 0.15) is 0 Å². The summed E-state index contributed by atoms with van der Waals surface area (Å²) in [5, 5.41) is 6.27. The Labute approximate surface area is 185 Å². The summed E-state index contributed by atoms with van der Waals surface area (Å²) in [6.45, 7) is 11.5. The lowest BCUT2D eigenvalue weighted by molar-refractivity contribution is 0.0949. The van der Waals surface area contributed by atoms with Gasteiger partial charge in [-0.25, -0.2) is 8.42 Å². The number of anilines is 2. The SMILES string of the molecule is Cc1ccc(C)c(S(=O)(=O)Nc2ccc(N3CCNCC3)c(C(=O)NCC(C)C)c2)c1. The van der Waals surface area contributed by atoms with Crippen LogP contribution in [0.1, 0.15) is 35.3 Å². The normalized spacial score (nSPS) is 14.5. The highest BCUT2D eigenvalue weighted by molar-refractivity contribution is 7.92. The van der Waals surface area contributed by atoms with Crippen molar-refractivity contribution in [3.63, 3.8) is 0 Å². The van der Waals surface area contributed by atoms with Crippen LogP contribution in [0.15, 0.2) is 41.3 Å². The molecule has 0 aliphatic carbocycles. The molecule has 1 saturated heterocycles. The quantitative estimate of drug-likeness (QED) is 0.611. The molecule has 0 unspecified atom stereocenters. The van der Waals surface area contributed by atoms with Crippen molar-refractivity contribution in [1.29, 1.82) is 0 Å². The summed E-state index contributed by atoms with van der Waals surface area (Å²) in [5.41, 5.74) is 3.20. The molecule has 1 amide bonds. The van der Waals surface area contributed by atoms with E-state index in [1.807, 2.05) is 32.9 Å². The van der Waals surface area contributed by atoms with Crippen LogP contribution < -0.4 is 20.3 Å². The lowest BCUT2D eigenvalue weighted by Crippen LogP contribution is -2.44. The highest BCUT2D eigenvalue weighted by Crippen LogP contribution is 2.27. The first kappa shape index (κ1) is 23.1. The fraction of sp³-hybridized carbons (Fsp3) is 0.435. The zero-order chi connectivity index (χ0) is 22.6. The number of nitrogens with one attached hydrogen (secondary N) is 3. The van der Waals surface area contributed by atoms with Gasteiger partial charge in [0.15, 0.2) is 0 Å². The molecule has 0 atom stereocenters. The van der Waals surface area contributed by atoms with E-state index in [9.17, 15) is 13.2 Å². The number of carbonyl (C=O) groups excluding carboxylic acids is 1. The number of carbonyl (C=O) groups is 1. The Bertz CT molecular complexity index is 1040. The van der Waals surface area contributed by atoms with Crippen molar-refractivity contribution in [1.82, 2.24) is 10.6 Å². The molecule has 0 spiro atoms. The minimum Gasteiger partial charge on any atom is -0.368 e. The van der Waals surface area contributed by atoms with Crippen molar-refractivity contribution < 1.29 is 13.2 Å². The van der Waals surface area contributed by atoms with E-state index in [1.165, 1.54) is 0 Å². The minimum atomic E-state index is -3.78. The average molecular weight is 445 g/mol. The predicted molar refractivity (Wildman–Crippen MR) is 125 cm³/mol. The van der Waals surface area contributed by atoms with Gasteiger partial charge < -0.3 is 15.5 Å². The van der Waals surface area contributed by atoms with Crippen LogP contribution in [-0.4, -0.2) is 47.0 Å². The third kappa shape index (κ3) is 5.77. The number of nitrogens with zero attached hydrogens (tertiary/aromatic N) is 1. The number of aryl methyl sites for hydroxylation is 2. The topological polar surface area (TPSA) is 90.5 Å². The van der Waals surface area contributed by atoms with Gasteiger partial charge in [-0.15, -0.1) is 0 Å². The van der Waals surface area contributed by atoms with Crippen LogP contribution in [0, 0.1) is 19.8 Å². The maximum atomic E-state index is 13.0. The Kier molecular flexibility index (Phi) is 7.23. The lowest BCUT2D eigenvalue weighted by atomic mass is 10.1. The molecule has 0 aromatic heterocycles. The standard InChI is InChI=1S/C23H32N4O3S/c1-16(2)15-25-23(28)20-14-19(7-8-21(20)27-11-9-24-10-12-27)26-31(29,30)22-13-17(3)5-6-18(22)4/h5-8,13-14,16,24,26H,9-12,15H2,1-4H3,(H,25,28). The fourth-order valence-electron chi connectivity index (χ4n) is 3.56. The monoisotopic (exact) mass is 444 g/mol. The van der Waals surface area contributed by atoms with E-state index < -0.39 is 10.0 Å². The van der Waals surface area contributed by atoms with Crippen LogP contribution in [0.3, 0.4) is 0 Å². The van der Waals surface area contributed by atoms with Gasteiger partial charge in [-0.3, -0.25) is 9.52 Å². The van der Waals surface area contributed by atoms with Crippen LogP contribution in [0.2, 0.25) is 0 Å². The van der Waals surface area contributed by atoms with E-state index in [2.05, 4.69) is 20.3 Å². The molecule has 0 radical (unpaired) electrons. The van der Waals surface area contributed by atoms with Gasteiger partial charge in [-0.05, 0) is 55.2 Å². The first-order valence-corrected chi connectivity index (χ1v) is 12.1. The number of sulfonamides is 1. The molecule has 168 valence electrons. The van der Waals surface area contributed by atoms with E-state index in [0.29, 0.717) is 29.3 Å². The van der Waals surface area contributed by atoms with Gasteiger partial charge in [-0.2, -0.15) is 0 Å². The summed E-state index contributed by atoms with van der Waals surface area (Å²) in [6.07, 6.45) is 0. The highest BCUT2D eigenvalue weighted by atomic mass is 32.2. The highest BCUT2D eigenvalue weighted by Gasteiger charge is 2.22. The van der Waals surface area contributed by atoms with Crippen molar-refractivity contribution in [2.24, 2.45) is 5.92 Å². The summed E-state index contributed by atoms with van der Waals surface area (Å²) in [4.78, 5) is 15.4. The van der Waals surface area contributed by atoms with E-state index in [1.54, 1.807) is 31.2 Å². The third-order valence-corrected chi connectivity index (χ3v) is 6.78. The van der Waals surface area contributed by atoms with Crippen molar-refractivity contribution in [3.8, 4) is 0 Å². The van der Waals surface area contributed by atoms with Crippen molar-refractivity contribution in [3.05, 3.63) is 53.1 Å². The molecule has 1 fully saturated rings. The zero-order valence-electron chi connectivity index (χ0n) is 18.7. The lowest BCUT2D eigenvalue weighted by Gasteiger charge is -2.31. The van der Waals surface area contributed by atoms with Crippen LogP contribution in [0.25, 0.3) is 0 Å². The summed E-state index contributed by atoms with van der Waals surface area (Å²) in [7, 11) is -3.78. The molecule has 2 aromatic carbocycles. The molecule has 0 bridgehead atoms. The Morgan fingerprint density at radius 1 is 1.10 bits per heavy atom. The molecule has 1 heterocycles. The number of piperazine rings is 1. The Morgan fingerprint density at radius 2 is 1.81 bits per heavy atom. The Morgan fingerprint density at radius 3 is 2.48 bits per heavy atom. The summed E-state index contributed by atoms with van der Waals surface area (Å²) >= 11 is 0. The van der Waals surface area contributed by atoms with Gasteiger partial charge in [0.25, 0.3) is 15.9 Å². The molecule has 1 aliphatic heterocycles. The van der Waals surface area contributed by atoms with Crippen LogP contribution in [0.4, 0.5) is 11.4 Å². The van der Waals surface area contributed by atoms with E-state index >= 15 is 0 Å². The molecule has 0 saturated carbocycles. The average Bonchev–Trinajstić information content (AvgIpc) is 2.74. The molecule has 3 rings (SSSR count). The zero-order valence-corrected chi connectivity index (χ0v) is 19.5. The number of hydrogen-bond acceptors (Lipinski definition) is 5. The molecule has 3 N–H and O–H groups in total. The molecule has 31 heavy (non-hydrogen) atoms. The Hall–Kier alpha value is -2.58. The third-order valence-electron chi connectivity index (χ3n) is 5.26. The predicted octanol–water partition coefficient (Wildman–Crippen LogP) is 2.90. The second kappa shape index (κ2) is 9.70. The molecular formula is C23H32N4O3S. The fourth-order valence-corrected chi connectivity index (χ4v) is 4.94. The van der Waals surface area contributed by atoms with Crippen LogP contribution in [-0.2, 0) is 10.0 Å². The first-order valence-electron chi connectivity index (χ1n) is 10.7. The molecule has 1 aliphatic rings. The maximum Gasteiger partial charge on any atom is 0.262 e. The van der Waals surface area contributed by atoms with Gasteiger partial charge in [0.2, 0.25) is 0 Å². The first-order chi connectivity index (χ1) is 14.7. The summed E-state index contributed by atoms with van der Waals surface area (Å²) < 4.78 is 28.7. The van der Waals surface area contributed by atoms with Crippen molar-refractivity contribution in [2.75, 3.05) is 42.3 Å². The van der Waals surface area contributed by atoms with E-state index in [-0.39, 0.29) is 10.8 Å². The largest absolute Gasteiger partial charge is 0.368 e. The molecule has 7 nitrogen and oxygen atoms in total. The van der Waals surface area contributed by atoms with Crippen molar-refractivity contribution >= 4 is 27.3 Å². The van der Waals surface area contributed by atoms with Crippen LogP contribution >= 0.6 is 0 Å². The van der Waals surface area contributed by atoms with E-state index in [4.69, 9.17) is 0 Å².